The van der Waals surface area contributed by atoms with Crippen molar-refractivity contribution in [2.24, 2.45) is 5.92 Å². The van der Waals surface area contributed by atoms with Crippen molar-refractivity contribution in [2.45, 2.75) is 57.2 Å². The van der Waals surface area contributed by atoms with Gasteiger partial charge in [-0.05, 0) is 31.2 Å². The number of rotatable bonds is 8. The highest BCUT2D eigenvalue weighted by atomic mass is 19.1. The number of unbranched alkanes of at least 4 members (excludes halogenated alkanes) is 2. The number of hydrogen-bond acceptors (Lipinski definition) is 4. The first-order valence-corrected chi connectivity index (χ1v) is 9.84. The summed E-state index contributed by atoms with van der Waals surface area (Å²) in [5.74, 6) is 0.204. The van der Waals surface area contributed by atoms with E-state index in [1.165, 1.54) is 0 Å². The van der Waals surface area contributed by atoms with Crippen LogP contribution in [0.1, 0.15) is 44.1 Å². The summed E-state index contributed by atoms with van der Waals surface area (Å²) in [5, 5.41) is 0. The maximum atomic E-state index is 12.6. The van der Waals surface area contributed by atoms with Crippen molar-refractivity contribution in [3.05, 3.63) is 35.9 Å². The number of carbonyl (C=O) groups excluding carboxylic acids is 2. The van der Waals surface area contributed by atoms with Crippen molar-refractivity contribution in [3.63, 3.8) is 0 Å². The molecular weight excluding hydrogens is 349 g/mol. The molecule has 2 aliphatic heterocycles. The quantitative estimate of drug-likeness (QED) is 0.645. The third-order valence-corrected chi connectivity index (χ3v) is 5.45. The number of benzene rings is 1. The van der Waals surface area contributed by atoms with E-state index in [9.17, 15) is 14.0 Å². The highest BCUT2D eigenvalue weighted by molar-refractivity contribution is 5.81. The minimum absolute atomic E-state index is 0.0348. The monoisotopic (exact) mass is 377 g/mol. The number of ether oxygens (including phenoxy) is 2. The van der Waals surface area contributed by atoms with Crippen molar-refractivity contribution in [1.82, 2.24) is 4.90 Å². The van der Waals surface area contributed by atoms with Crippen LogP contribution < -0.4 is 0 Å². The van der Waals surface area contributed by atoms with Gasteiger partial charge in [-0.3, -0.25) is 14.1 Å². The molecule has 2 aliphatic rings. The Morgan fingerprint density at radius 1 is 1.07 bits per heavy atom. The molecule has 1 amide bonds. The van der Waals surface area contributed by atoms with Crippen LogP contribution in [0.3, 0.4) is 0 Å². The lowest BCUT2D eigenvalue weighted by Gasteiger charge is -2.47. The van der Waals surface area contributed by atoms with Crippen LogP contribution >= 0.6 is 0 Å². The lowest BCUT2D eigenvalue weighted by atomic mass is 9.81. The standard InChI is InChI=1S/C21H28FNO4/c22-10-6-2-5-9-20(24)17-11-18-14-26-15-19(12-17)23(18)21(25)27-13-16-7-3-1-4-8-16/h1,3-4,7-8,17-19H,2,5-6,9-15H2. The zero-order valence-corrected chi connectivity index (χ0v) is 15.6. The molecule has 1 aromatic rings. The second kappa shape index (κ2) is 9.83. The van der Waals surface area contributed by atoms with Gasteiger partial charge in [0.1, 0.15) is 12.4 Å². The molecule has 6 heteroatoms. The molecule has 0 aliphatic carbocycles. The molecule has 5 nitrogen and oxygen atoms in total. The van der Waals surface area contributed by atoms with Crippen LogP contribution in [0.4, 0.5) is 9.18 Å². The Hall–Kier alpha value is -1.95. The van der Waals surface area contributed by atoms with Gasteiger partial charge >= 0.3 is 6.09 Å². The average Bonchev–Trinajstić information content (AvgIpc) is 2.69. The van der Waals surface area contributed by atoms with Crippen LogP contribution in [-0.2, 0) is 20.9 Å². The molecule has 0 saturated carbocycles. The fourth-order valence-electron chi connectivity index (χ4n) is 4.04. The summed E-state index contributed by atoms with van der Waals surface area (Å²) < 4.78 is 23.3. The fourth-order valence-corrected chi connectivity index (χ4v) is 4.04. The Labute approximate surface area is 159 Å². The molecule has 2 unspecified atom stereocenters. The summed E-state index contributed by atoms with van der Waals surface area (Å²) >= 11 is 0. The Balaban J connectivity index is 1.53. The number of nitrogens with zero attached hydrogens (tertiary/aromatic N) is 1. The van der Waals surface area contributed by atoms with E-state index in [0.29, 0.717) is 38.9 Å². The Bertz CT molecular complexity index is 610. The largest absolute Gasteiger partial charge is 0.445 e. The predicted molar refractivity (Wildman–Crippen MR) is 99.0 cm³/mol. The van der Waals surface area contributed by atoms with E-state index >= 15 is 0 Å². The van der Waals surface area contributed by atoms with Gasteiger partial charge in [-0.1, -0.05) is 36.8 Å². The third kappa shape index (κ3) is 5.28. The normalized spacial score (nSPS) is 24.5. The molecule has 0 spiro atoms. The number of hydrogen-bond donors (Lipinski definition) is 0. The maximum Gasteiger partial charge on any atom is 0.410 e. The van der Waals surface area contributed by atoms with E-state index in [1.54, 1.807) is 4.90 Å². The maximum absolute atomic E-state index is 12.6. The van der Waals surface area contributed by atoms with Crippen LogP contribution in [0.25, 0.3) is 0 Å². The van der Waals surface area contributed by atoms with Crippen molar-refractivity contribution < 1.29 is 23.5 Å². The number of fused-ring (bicyclic) bond motifs is 2. The summed E-state index contributed by atoms with van der Waals surface area (Å²) in [6.45, 7) is 0.817. The van der Waals surface area contributed by atoms with E-state index in [1.807, 2.05) is 30.3 Å². The number of Topliss-reactive ketones (excluding diaryl/α,β-unsaturated/α-hetero) is 1. The van der Waals surface area contributed by atoms with Gasteiger partial charge in [-0.15, -0.1) is 0 Å². The van der Waals surface area contributed by atoms with Crippen molar-refractivity contribution in [1.29, 1.82) is 0 Å². The SMILES string of the molecule is O=C(CCCCCF)C1CC2COCC(C1)N2C(=O)OCc1ccccc1. The molecule has 2 heterocycles. The average molecular weight is 377 g/mol. The van der Waals surface area contributed by atoms with Gasteiger partial charge in [0.25, 0.3) is 0 Å². The smallest absolute Gasteiger partial charge is 0.410 e. The number of amides is 1. The molecule has 0 aromatic heterocycles. The fraction of sp³-hybridized carbons (Fsp3) is 0.619. The first-order valence-electron chi connectivity index (χ1n) is 9.84. The summed E-state index contributed by atoms with van der Waals surface area (Å²) in [4.78, 5) is 26.9. The predicted octanol–water partition coefficient (Wildman–Crippen LogP) is 3.90. The van der Waals surface area contributed by atoms with Gasteiger partial charge in [-0.25, -0.2) is 4.79 Å². The second-order valence-electron chi connectivity index (χ2n) is 7.43. The number of alkyl halides is 1. The molecular formula is C21H28FNO4. The van der Waals surface area contributed by atoms with Gasteiger partial charge in [0.2, 0.25) is 0 Å². The first kappa shape index (κ1) is 19.8. The molecule has 2 saturated heterocycles. The number of ketones is 1. The van der Waals surface area contributed by atoms with Gasteiger partial charge in [-0.2, -0.15) is 0 Å². The third-order valence-electron chi connectivity index (χ3n) is 5.45. The van der Waals surface area contributed by atoms with Crippen molar-refractivity contribution in [2.75, 3.05) is 19.9 Å². The van der Waals surface area contributed by atoms with Crippen LogP contribution in [0.5, 0.6) is 0 Å². The van der Waals surface area contributed by atoms with E-state index in [2.05, 4.69) is 0 Å². The van der Waals surface area contributed by atoms with E-state index < -0.39 is 0 Å². The minimum Gasteiger partial charge on any atom is -0.445 e. The number of morpholine rings is 1. The van der Waals surface area contributed by atoms with Gasteiger partial charge in [0.15, 0.2) is 0 Å². The van der Waals surface area contributed by atoms with Crippen LogP contribution in [0.2, 0.25) is 0 Å². The summed E-state index contributed by atoms with van der Waals surface area (Å²) in [7, 11) is 0. The molecule has 148 valence electrons. The van der Waals surface area contributed by atoms with Crippen LogP contribution in [-0.4, -0.2) is 48.7 Å². The minimum atomic E-state index is -0.328. The highest BCUT2D eigenvalue weighted by Crippen LogP contribution is 2.33. The molecule has 27 heavy (non-hydrogen) atoms. The van der Waals surface area contributed by atoms with Crippen LogP contribution in [0, 0.1) is 5.92 Å². The summed E-state index contributed by atoms with van der Waals surface area (Å²) in [6.07, 6.45) is 3.45. The molecule has 2 fully saturated rings. The molecule has 2 bridgehead atoms. The Morgan fingerprint density at radius 2 is 1.78 bits per heavy atom. The number of piperidine rings is 1. The molecule has 3 rings (SSSR count). The van der Waals surface area contributed by atoms with E-state index in [0.717, 1.165) is 18.4 Å². The van der Waals surface area contributed by atoms with E-state index in [-0.39, 0.29) is 43.2 Å². The number of carbonyl (C=O) groups is 2. The highest BCUT2D eigenvalue weighted by Gasteiger charge is 2.44. The Morgan fingerprint density at radius 3 is 2.44 bits per heavy atom. The Kier molecular flexibility index (Phi) is 7.21. The zero-order valence-electron chi connectivity index (χ0n) is 15.6. The zero-order chi connectivity index (χ0) is 19.1. The summed E-state index contributed by atoms with van der Waals surface area (Å²) in [5.41, 5.74) is 0.950. The van der Waals surface area contributed by atoms with Gasteiger partial charge in [0, 0.05) is 12.3 Å². The molecule has 0 N–H and O–H groups in total. The first-order chi connectivity index (χ1) is 13.2. The molecule has 2 atom stereocenters. The topological polar surface area (TPSA) is 55.8 Å². The van der Waals surface area contributed by atoms with Crippen LogP contribution in [0.15, 0.2) is 30.3 Å². The molecule has 0 radical (unpaired) electrons. The van der Waals surface area contributed by atoms with Gasteiger partial charge in [0.05, 0.1) is 32.0 Å². The van der Waals surface area contributed by atoms with E-state index in [4.69, 9.17) is 9.47 Å². The lowest BCUT2D eigenvalue weighted by Crippen LogP contribution is -2.59. The van der Waals surface area contributed by atoms with Crippen molar-refractivity contribution >= 4 is 11.9 Å². The van der Waals surface area contributed by atoms with Crippen molar-refractivity contribution in [3.8, 4) is 0 Å². The second-order valence-corrected chi connectivity index (χ2v) is 7.43. The number of halogens is 1. The van der Waals surface area contributed by atoms with Gasteiger partial charge < -0.3 is 9.47 Å². The summed E-state index contributed by atoms with van der Waals surface area (Å²) in [6, 6.07) is 9.37. The molecule has 1 aromatic carbocycles. The lowest BCUT2D eigenvalue weighted by molar-refractivity contribution is -0.131.